The van der Waals surface area contributed by atoms with Crippen molar-refractivity contribution in [2.24, 2.45) is 5.92 Å². The van der Waals surface area contributed by atoms with Crippen LogP contribution in [0.4, 0.5) is 4.79 Å². The van der Waals surface area contributed by atoms with E-state index in [2.05, 4.69) is 0 Å². The molecule has 8 nitrogen and oxygen atoms in total. The summed E-state index contributed by atoms with van der Waals surface area (Å²) in [4.78, 5) is 53.4. The van der Waals surface area contributed by atoms with Crippen molar-refractivity contribution in [2.75, 3.05) is 13.1 Å². The fourth-order valence-electron chi connectivity index (χ4n) is 2.75. The quantitative estimate of drug-likeness (QED) is 0.762. The number of amides is 3. The molecule has 0 N–H and O–H groups in total. The number of hydrogen-bond donors (Lipinski definition) is 0. The SMILES string of the molecule is O=C(ON1C(=O)CCC1=O)[C@@H]1CCN(C(=O)OCc2ccccc2)C1. The van der Waals surface area contributed by atoms with Gasteiger partial charge in [0.25, 0.3) is 11.8 Å². The Hall–Kier alpha value is -2.90. The number of rotatable bonds is 4. The molecule has 8 heteroatoms. The van der Waals surface area contributed by atoms with Gasteiger partial charge in [-0.15, -0.1) is 5.06 Å². The molecule has 0 radical (unpaired) electrons. The van der Waals surface area contributed by atoms with Crippen LogP contribution in [0.25, 0.3) is 0 Å². The lowest BCUT2D eigenvalue weighted by atomic mass is 10.1. The second-order valence-electron chi connectivity index (χ2n) is 5.96. The second-order valence-corrected chi connectivity index (χ2v) is 5.96. The molecule has 132 valence electrons. The lowest BCUT2D eigenvalue weighted by Gasteiger charge is -2.17. The summed E-state index contributed by atoms with van der Waals surface area (Å²) < 4.78 is 5.22. The number of hydroxylamine groups is 2. The van der Waals surface area contributed by atoms with Gasteiger partial charge in [0.1, 0.15) is 6.61 Å². The van der Waals surface area contributed by atoms with E-state index in [4.69, 9.17) is 9.57 Å². The summed E-state index contributed by atoms with van der Waals surface area (Å²) >= 11 is 0. The molecule has 0 bridgehead atoms. The van der Waals surface area contributed by atoms with Crippen LogP contribution in [0.1, 0.15) is 24.8 Å². The Morgan fingerprint density at radius 3 is 2.44 bits per heavy atom. The third-order valence-corrected chi connectivity index (χ3v) is 4.17. The maximum absolute atomic E-state index is 12.1. The lowest BCUT2D eigenvalue weighted by Crippen LogP contribution is -2.36. The van der Waals surface area contributed by atoms with Crippen molar-refractivity contribution < 1.29 is 28.8 Å². The van der Waals surface area contributed by atoms with Crippen LogP contribution in [0, 0.1) is 5.92 Å². The first-order valence-electron chi connectivity index (χ1n) is 8.08. The molecule has 1 aromatic rings. The predicted molar refractivity (Wildman–Crippen MR) is 83.5 cm³/mol. The summed E-state index contributed by atoms with van der Waals surface area (Å²) in [5, 5.41) is 0.527. The van der Waals surface area contributed by atoms with Crippen LogP contribution in [0.5, 0.6) is 0 Å². The minimum absolute atomic E-state index is 0.0503. The lowest BCUT2D eigenvalue weighted by molar-refractivity contribution is -0.200. The number of ether oxygens (including phenoxy) is 1. The molecule has 0 aromatic heterocycles. The van der Waals surface area contributed by atoms with E-state index in [1.807, 2.05) is 30.3 Å². The molecule has 0 aliphatic carbocycles. The van der Waals surface area contributed by atoms with Crippen LogP contribution in [-0.4, -0.2) is 46.9 Å². The fourth-order valence-corrected chi connectivity index (χ4v) is 2.75. The van der Waals surface area contributed by atoms with E-state index in [0.29, 0.717) is 18.0 Å². The van der Waals surface area contributed by atoms with Crippen LogP contribution in [0.2, 0.25) is 0 Å². The highest BCUT2D eigenvalue weighted by molar-refractivity contribution is 6.01. The molecule has 3 amide bonds. The molecular formula is C17H18N2O6. The van der Waals surface area contributed by atoms with Gasteiger partial charge in [0.2, 0.25) is 0 Å². The second kappa shape index (κ2) is 7.33. The van der Waals surface area contributed by atoms with Gasteiger partial charge in [-0.2, -0.15) is 0 Å². The van der Waals surface area contributed by atoms with E-state index in [0.717, 1.165) is 5.56 Å². The number of imide groups is 1. The molecule has 2 heterocycles. The van der Waals surface area contributed by atoms with Gasteiger partial charge in [0.15, 0.2) is 0 Å². The Morgan fingerprint density at radius 2 is 1.76 bits per heavy atom. The van der Waals surface area contributed by atoms with E-state index in [1.54, 1.807) is 0 Å². The van der Waals surface area contributed by atoms with Gasteiger partial charge >= 0.3 is 12.1 Å². The summed E-state index contributed by atoms with van der Waals surface area (Å²) in [6.07, 6.45) is -0.00803. The smallest absolute Gasteiger partial charge is 0.410 e. The summed E-state index contributed by atoms with van der Waals surface area (Å²) in [6, 6.07) is 9.28. The van der Waals surface area contributed by atoms with Crippen molar-refractivity contribution in [1.29, 1.82) is 0 Å². The molecule has 2 aliphatic heterocycles. The van der Waals surface area contributed by atoms with E-state index < -0.39 is 29.8 Å². The molecule has 0 unspecified atom stereocenters. The van der Waals surface area contributed by atoms with Crippen LogP contribution in [0.3, 0.4) is 0 Å². The van der Waals surface area contributed by atoms with Gasteiger partial charge in [-0.05, 0) is 12.0 Å². The van der Waals surface area contributed by atoms with Crippen LogP contribution < -0.4 is 0 Å². The average molecular weight is 346 g/mol. The Balaban J connectivity index is 1.47. The van der Waals surface area contributed by atoms with Crippen molar-refractivity contribution >= 4 is 23.9 Å². The maximum Gasteiger partial charge on any atom is 0.410 e. The normalized spacial score (nSPS) is 20.1. The van der Waals surface area contributed by atoms with Crippen molar-refractivity contribution in [3.05, 3.63) is 35.9 Å². The van der Waals surface area contributed by atoms with Crippen LogP contribution >= 0.6 is 0 Å². The molecule has 2 aliphatic rings. The zero-order chi connectivity index (χ0) is 17.8. The molecule has 0 spiro atoms. The number of carbonyl (C=O) groups excluding carboxylic acids is 4. The van der Waals surface area contributed by atoms with Crippen molar-refractivity contribution in [3.8, 4) is 0 Å². The number of nitrogens with zero attached hydrogens (tertiary/aromatic N) is 2. The van der Waals surface area contributed by atoms with Gasteiger partial charge in [0.05, 0.1) is 5.92 Å². The monoisotopic (exact) mass is 346 g/mol. The topological polar surface area (TPSA) is 93.2 Å². The first-order valence-corrected chi connectivity index (χ1v) is 8.08. The Bertz CT molecular complexity index is 674. The summed E-state index contributed by atoms with van der Waals surface area (Å²) in [7, 11) is 0. The third-order valence-electron chi connectivity index (χ3n) is 4.17. The Morgan fingerprint density at radius 1 is 1.08 bits per heavy atom. The van der Waals surface area contributed by atoms with E-state index in [1.165, 1.54) is 4.90 Å². The molecule has 0 saturated carbocycles. The average Bonchev–Trinajstić information content (AvgIpc) is 3.23. The highest BCUT2D eigenvalue weighted by Gasteiger charge is 2.38. The number of benzene rings is 1. The molecule has 1 aromatic carbocycles. The minimum Gasteiger partial charge on any atom is -0.445 e. The first-order chi connectivity index (χ1) is 12.0. The number of carbonyl (C=O) groups is 4. The first kappa shape index (κ1) is 16.9. The van der Waals surface area contributed by atoms with E-state index in [9.17, 15) is 19.2 Å². The van der Waals surface area contributed by atoms with Crippen LogP contribution in [0.15, 0.2) is 30.3 Å². The van der Waals surface area contributed by atoms with Crippen molar-refractivity contribution in [2.45, 2.75) is 25.9 Å². The van der Waals surface area contributed by atoms with Gasteiger partial charge < -0.3 is 14.5 Å². The highest BCUT2D eigenvalue weighted by Crippen LogP contribution is 2.21. The number of hydrogen-bond acceptors (Lipinski definition) is 6. The van der Waals surface area contributed by atoms with Crippen molar-refractivity contribution in [1.82, 2.24) is 9.96 Å². The van der Waals surface area contributed by atoms with Gasteiger partial charge in [-0.3, -0.25) is 9.59 Å². The Kier molecular flexibility index (Phi) is 4.97. The molecule has 3 rings (SSSR count). The molecule has 2 fully saturated rings. The van der Waals surface area contributed by atoms with Gasteiger partial charge in [-0.1, -0.05) is 30.3 Å². The Labute approximate surface area is 144 Å². The standard InChI is InChI=1S/C17H18N2O6/c20-14-6-7-15(21)19(14)25-16(22)13-8-9-18(10-13)17(23)24-11-12-4-2-1-3-5-12/h1-5,13H,6-11H2/t13-/m1/s1. The van der Waals surface area contributed by atoms with Crippen LogP contribution in [-0.2, 0) is 30.6 Å². The van der Waals surface area contributed by atoms with E-state index >= 15 is 0 Å². The van der Waals surface area contributed by atoms with Gasteiger partial charge in [0, 0.05) is 25.9 Å². The molecule has 2 saturated heterocycles. The molecular weight excluding hydrogens is 328 g/mol. The number of likely N-dealkylation sites (tertiary alicyclic amines) is 1. The molecule has 25 heavy (non-hydrogen) atoms. The largest absolute Gasteiger partial charge is 0.445 e. The van der Waals surface area contributed by atoms with E-state index in [-0.39, 0.29) is 26.0 Å². The van der Waals surface area contributed by atoms with Crippen molar-refractivity contribution in [3.63, 3.8) is 0 Å². The maximum atomic E-state index is 12.1. The fraction of sp³-hybridized carbons (Fsp3) is 0.412. The minimum atomic E-state index is -0.679. The third kappa shape index (κ3) is 3.96. The highest BCUT2D eigenvalue weighted by atomic mass is 16.7. The molecule has 1 atom stereocenters. The summed E-state index contributed by atoms with van der Waals surface area (Å²) in [5.74, 6) is -2.29. The van der Waals surface area contributed by atoms with Gasteiger partial charge in [-0.25, -0.2) is 9.59 Å². The summed E-state index contributed by atoms with van der Waals surface area (Å²) in [6.45, 7) is 0.653. The zero-order valence-electron chi connectivity index (χ0n) is 13.6. The summed E-state index contributed by atoms with van der Waals surface area (Å²) in [5.41, 5.74) is 0.872. The zero-order valence-corrected chi connectivity index (χ0v) is 13.6. The predicted octanol–water partition coefficient (Wildman–Crippen LogP) is 1.25.